The summed E-state index contributed by atoms with van der Waals surface area (Å²) in [4.78, 5) is 20.6. The van der Waals surface area contributed by atoms with E-state index in [4.69, 9.17) is 0 Å². The number of likely N-dealkylation sites (N-methyl/N-ethyl adjacent to an activating group) is 2. The number of benzene rings is 2. The van der Waals surface area contributed by atoms with Gasteiger partial charge in [0.2, 0.25) is 5.91 Å². The van der Waals surface area contributed by atoms with Crippen molar-refractivity contribution in [1.29, 1.82) is 0 Å². The summed E-state index contributed by atoms with van der Waals surface area (Å²) >= 11 is 1.61. The van der Waals surface area contributed by atoms with Crippen molar-refractivity contribution in [2.45, 2.75) is 13.1 Å². The van der Waals surface area contributed by atoms with Crippen molar-refractivity contribution >= 4 is 27.5 Å². The van der Waals surface area contributed by atoms with E-state index in [0.29, 0.717) is 19.6 Å². The van der Waals surface area contributed by atoms with Crippen molar-refractivity contribution in [3.05, 3.63) is 64.9 Å². The molecule has 0 aliphatic rings. The Kier molecular flexibility index (Phi) is 5.40. The van der Waals surface area contributed by atoms with Gasteiger partial charge in [0.1, 0.15) is 10.8 Å². The highest BCUT2D eigenvalue weighted by atomic mass is 32.1. The molecule has 25 heavy (non-hydrogen) atoms. The number of halogens is 1. The number of fused-ring (bicyclic) bond motifs is 1. The molecule has 0 radical (unpaired) electrons. The van der Waals surface area contributed by atoms with E-state index in [1.807, 2.05) is 36.2 Å². The van der Waals surface area contributed by atoms with Gasteiger partial charge >= 0.3 is 0 Å². The normalized spacial score (nSPS) is 11.2. The molecule has 6 heteroatoms. The molecule has 130 valence electrons. The molecular formula is C19H20FN3OS. The lowest BCUT2D eigenvalue weighted by Gasteiger charge is -2.21. The Morgan fingerprint density at radius 3 is 2.52 bits per heavy atom. The van der Waals surface area contributed by atoms with Crippen LogP contribution in [0.25, 0.3) is 10.2 Å². The van der Waals surface area contributed by atoms with Gasteiger partial charge in [-0.1, -0.05) is 24.3 Å². The van der Waals surface area contributed by atoms with Crippen LogP contribution in [0.3, 0.4) is 0 Å². The molecule has 0 spiro atoms. The molecule has 0 bridgehead atoms. The molecule has 0 atom stereocenters. The van der Waals surface area contributed by atoms with Crippen LogP contribution in [0.2, 0.25) is 0 Å². The third-order valence-electron chi connectivity index (χ3n) is 3.91. The van der Waals surface area contributed by atoms with Gasteiger partial charge in [-0.3, -0.25) is 9.69 Å². The average Bonchev–Trinajstić information content (AvgIpc) is 2.99. The molecule has 1 amide bonds. The van der Waals surface area contributed by atoms with E-state index in [1.54, 1.807) is 35.4 Å². The topological polar surface area (TPSA) is 36.4 Å². The molecule has 1 heterocycles. The molecule has 0 N–H and O–H groups in total. The number of carbonyl (C=O) groups is 1. The first-order valence-corrected chi connectivity index (χ1v) is 8.84. The minimum Gasteiger partial charge on any atom is -0.338 e. The number of aromatic nitrogens is 1. The zero-order valence-electron chi connectivity index (χ0n) is 14.3. The lowest BCUT2D eigenvalue weighted by Crippen LogP contribution is -2.36. The second-order valence-electron chi connectivity index (χ2n) is 6.12. The third kappa shape index (κ3) is 4.61. The van der Waals surface area contributed by atoms with Crippen molar-refractivity contribution < 1.29 is 9.18 Å². The fourth-order valence-corrected chi connectivity index (χ4v) is 3.61. The van der Waals surface area contributed by atoms with Crippen molar-refractivity contribution in [3.8, 4) is 0 Å². The van der Waals surface area contributed by atoms with Gasteiger partial charge in [0.05, 0.1) is 23.3 Å². The molecule has 3 aromatic rings. The smallest absolute Gasteiger partial charge is 0.236 e. The number of para-hydroxylation sites is 1. The van der Waals surface area contributed by atoms with Crippen LogP contribution in [-0.2, 0) is 17.9 Å². The Bertz CT molecular complexity index is 829. The summed E-state index contributed by atoms with van der Waals surface area (Å²) in [6.07, 6.45) is 0. The first kappa shape index (κ1) is 17.5. The number of hydrogen-bond donors (Lipinski definition) is 0. The summed E-state index contributed by atoms with van der Waals surface area (Å²) < 4.78 is 14.1. The van der Waals surface area contributed by atoms with Gasteiger partial charge in [-0.05, 0) is 36.9 Å². The number of carbonyl (C=O) groups excluding carboxylic acids is 1. The van der Waals surface area contributed by atoms with Crippen LogP contribution >= 0.6 is 11.3 Å². The maximum absolute atomic E-state index is 12.9. The Morgan fingerprint density at radius 1 is 1.08 bits per heavy atom. The maximum atomic E-state index is 12.9. The van der Waals surface area contributed by atoms with Gasteiger partial charge in [0.25, 0.3) is 0 Å². The van der Waals surface area contributed by atoms with Gasteiger partial charge in [0, 0.05) is 13.6 Å². The molecule has 1 aromatic heterocycles. The first-order chi connectivity index (χ1) is 12.0. The van der Waals surface area contributed by atoms with E-state index >= 15 is 0 Å². The molecule has 0 fully saturated rings. The van der Waals surface area contributed by atoms with E-state index in [2.05, 4.69) is 4.98 Å². The Labute approximate surface area is 150 Å². The molecule has 3 rings (SSSR count). The van der Waals surface area contributed by atoms with Crippen molar-refractivity contribution in [3.63, 3.8) is 0 Å². The predicted molar refractivity (Wildman–Crippen MR) is 98.8 cm³/mol. The van der Waals surface area contributed by atoms with E-state index in [1.165, 1.54) is 12.1 Å². The zero-order valence-corrected chi connectivity index (χ0v) is 15.1. The molecular weight excluding hydrogens is 337 g/mol. The van der Waals surface area contributed by atoms with Gasteiger partial charge in [-0.2, -0.15) is 0 Å². The highest BCUT2D eigenvalue weighted by Gasteiger charge is 2.14. The van der Waals surface area contributed by atoms with Gasteiger partial charge in [-0.25, -0.2) is 9.37 Å². The summed E-state index contributed by atoms with van der Waals surface area (Å²) in [5, 5.41) is 0.929. The molecule has 2 aromatic carbocycles. The van der Waals surface area contributed by atoms with Crippen LogP contribution in [0.1, 0.15) is 10.6 Å². The van der Waals surface area contributed by atoms with Crippen molar-refractivity contribution in [2.75, 3.05) is 20.6 Å². The highest BCUT2D eigenvalue weighted by Crippen LogP contribution is 2.22. The molecule has 0 saturated heterocycles. The average molecular weight is 357 g/mol. The number of thiazole rings is 1. The minimum absolute atomic E-state index is 0.0314. The van der Waals surface area contributed by atoms with Crippen LogP contribution in [0.5, 0.6) is 0 Å². The van der Waals surface area contributed by atoms with Crippen LogP contribution in [0, 0.1) is 5.82 Å². The summed E-state index contributed by atoms with van der Waals surface area (Å²) in [5.74, 6) is -0.220. The molecule has 0 unspecified atom stereocenters. The van der Waals surface area contributed by atoms with Gasteiger partial charge < -0.3 is 4.90 Å². The molecule has 0 aliphatic carbocycles. The first-order valence-electron chi connectivity index (χ1n) is 8.02. The Hall–Kier alpha value is -2.31. The van der Waals surface area contributed by atoms with Crippen molar-refractivity contribution in [1.82, 2.24) is 14.8 Å². The standard InChI is InChI=1S/C19H20FN3OS/c1-22(11-14-7-9-15(20)10-8-14)13-19(24)23(2)12-18-21-16-5-3-4-6-17(16)25-18/h3-10H,11-13H2,1-2H3. The summed E-state index contributed by atoms with van der Waals surface area (Å²) in [7, 11) is 3.67. The number of rotatable bonds is 6. The Balaban J connectivity index is 1.55. The number of hydrogen-bond acceptors (Lipinski definition) is 4. The van der Waals surface area contributed by atoms with E-state index in [-0.39, 0.29) is 11.7 Å². The van der Waals surface area contributed by atoms with E-state index in [0.717, 1.165) is 20.8 Å². The van der Waals surface area contributed by atoms with E-state index < -0.39 is 0 Å². The quantitative estimate of drug-likeness (QED) is 0.677. The highest BCUT2D eigenvalue weighted by molar-refractivity contribution is 7.18. The third-order valence-corrected chi connectivity index (χ3v) is 4.93. The van der Waals surface area contributed by atoms with Crippen LogP contribution in [0.15, 0.2) is 48.5 Å². The number of amides is 1. The van der Waals surface area contributed by atoms with Gasteiger partial charge in [0.15, 0.2) is 0 Å². The van der Waals surface area contributed by atoms with E-state index in [9.17, 15) is 9.18 Å². The van der Waals surface area contributed by atoms with Crippen LogP contribution < -0.4 is 0 Å². The Morgan fingerprint density at radius 2 is 1.80 bits per heavy atom. The van der Waals surface area contributed by atoms with Crippen LogP contribution in [-0.4, -0.2) is 41.3 Å². The summed E-state index contributed by atoms with van der Waals surface area (Å²) in [6, 6.07) is 14.3. The fourth-order valence-electron chi connectivity index (χ4n) is 2.59. The summed E-state index contributed by atoms with van der Waals surface area (Å²) in [5.41, 5.74) is 1.95. The zero-order chi connectivity index (χ0) is 17.8. The van der Waals surface area contributed by atoms with Crippen LogP contribution in [0.4, 0.5) is 4.39 Å². The predicted octanol–water partition coefficient (Wildman–Crippen LogP) is 3.53. The molecule has 0 aliphatic heterocycles. The molecule has 0 saturated carbocycles. The van der Waals surface area contributed by atoms with Crippen molar-refractivity contribution in [2.24, 2.45) is 0 Å². The second kappa shape index (κ2) is 7.72. The molecule has 4 nitrogen and oxygen atoms in total. The lowest BCUT2D eigenvalue weighted by atomic mass is 10.2. The minimum atomic E-state index is -0.252. The largest absolute Gasteiger partial charge is 0.338 e. The maximum Gasteiger partial charge on any atom is 0.236 e. The van der Waals surface area contributed by atoms with Gasteiger partial charge in [-0.15, -0.1) is 11.3 Å². The monoisotopic (exact) mass is 357 g/mol. The lowest BCUT2D eigenvalue weighted by molar-refractivity contribution is -0.131. The SMILES string of the molecule is CN(CC(=O)N(C)Cc1nc2ccccc2s1)Cc1ccc(F)cc1. The second-order valence-corrected chi connectivity index (χ2v) is 7.24. The fraction of sp³-hybridized carbons (Fsp3) is 0.263. The summed E-state index contributed by atoms with van der Waals surface area (Å²) in [6.45, 7) is 1.41. The number of nitrogens with zero attached hydrogens (tertiary/aromatic N) is 3.